The van der Waals surface area contributed by atoms with Crippen LogP contribution < -0.4 is 10.2 Å². The number of benzene rings is 1. The molecular formula is C23H21F2N5O4. The van der Waals surface area contributed by atoms with Crippen LogP contribution in [0.25, 0.3) is 0 Å². The second kappa shape index (κ2) is 8.56. The van der Waals surface area contributed by atoms with Gasteiger partial charge in [-0.25, -0.2) is 9.37 Å². The van der Waals surface area contributed by atoms with Crippen LogP contribution in [0.1, 0.15) is 39.1 Å². The molecule has 0 spiro atoms. The third-order valence-corrected chi connectivity index (χ3v) is 6.41. The predicted octanol–water partition coefficient (Wildman–Crippen LogP) is 1.08. The van der Waals surface area contributed by atoms with Gasteiger partial charge in [0.05, 0.1) is 11.1 Å². The maximum absolute atomic E-state index is 14.0. The first-order valence-corrected chi connectivity index (χ1v) is 11.0. The Bertz CT molecular complexity index is 1210. The minimum Gasteiger partial charge on any atom is -0.352 e. The molecule has 1 N–H and O–H groups in total. The van der Waals surface area contributed by atoms with Crippen LogP contribution >= 0.6 is 0 Å². The number of imide groups is 2. The molecule has 5 rings (SSSR count). The number of rotatable bonds is 4. The van der Waals surface area contributed by atoms with Gasteiger partial charge in [-0.1, -0.05) is 6.07 Å². The number of amides is 4. The number of pyridine rings is 1. The summed E-state index contributed by atoms with van der Waals surface area (Å²) in [5.41, 5.74) is 1.28. The molecule has 2 saturated heterocycles. The Hall–Kier alpha value is -3.73. The molecule has 2 aromatic rings. The fourth-order valence-electron chi connectivity index (χ4n) is 4.62. The van der Waals surface area contributed by atoms with Crippen molar-refractivity contribution in [2.75, 3.05) is 31.1 Å². The van der Waals surface area contributed by atoms with E-state index < -0.39 is 41.3 Å². The molecule has 2 fully saturated rings. The van der Waals surface area contributed by atoms with Crippen molar-refractivity contribution < 1.29 is 28.0 Å². The maximum Gasteiger partial charge on any atom is 0.262 e. The first-order chi connectivity index (χ1) is 16.3. The first-order valence-electron chi connectivity index (χ1n) is 11.0. The number of fused-ring (bicyclic) bond motifs is 1. The zero-order chi connectivity index (χ0) is 24.0. The monoisotopic (exact) mass is 469 g/mol. The van der Waals surface area contributed by atoms with Gasteiger partial charge in [-0.05, 0) is 30.2 Å². The zero-order valence-corrected chi connectivity index (χ0v) is 18.1. The Morgan fingerprint density at radius 2 is 1.71 bits per heavy atom. The van der Waals surface area contributed by atoms with Gasteiger partial charge in [0.2, 0.25) is 17.6 Å². The van der Waals surface area contributed by atoms with Gasteiger partial charge < -0.3 is 4.90 Å². The summed E-state index contributed by atoms with van der Waals surface area (Å²) in [5, 5.41) is 2.18. The number of carbonyl (C=O) groups is 4. The van der Waals surface area contributed by atoms with Crippen LogP contribution in [0.2, 0.25) is 0 Å². The fourth-order valence-corrected chi connectivity index (χ4v) is 4.62. The fraction of sp³-hybridized carbons (Fsp3) is 0.348. The molecule has 4 heterocycles. The summed E-state index contributed by atoms with van der Waals surface area (Å²) in [6.45, 7) is 2.56. The molecule has 0 radical (unpaired) electrons. The molecule has 0 bridgehead atoms. The Morgan fingerprint density at radius 1 is 0.971 bits per heavy atom. The summed E-state index contributed by atoms with van der Waals surface area (Å²) in [6.07, 6.45) is 1.41. The Morgan fingerprint density at radius 3 is 2.44 bits per heavy atom. The van der Waals surface area contributed by atoms with Crippen molar-refractivity contribution in [1.29, 1.82) is 0 Å². The number of hydrogen-bond acceptors (Lipinski definition) is 7. The Balaban J connectivity index is 1.26. The van der Waals surface area contributed by atoms with E-state index in [2.05, 4.69) is 15.2 Å². The molecule has 1 atom stereocenters. The highest BCUT2D eigenvalue weighted by atomic mass is 19.2. The summed E-state index contributed by atoms with van der Waals surface area (Å²) in [6, 6.07) is 4.98. The number of nitrogens with zero attached hydrogens (tertiary/aromatic N) is 4. The standard InChI is InChI=1S/C23H21F2N5O4/c24-16-5-6-26-20(19(16)25)29-9-7-28(8-10-29)12-13-1-2-14-15(11-13)23(34)30(22(14)33)17-3-4-18(31)27-21(17)32/h1-2,5-6,11,17H,3-4,7-10,12H2,(H,27,31,32). The summed E-state index contributed by atoms with van der Waals surface area (Å²) in [5.74, 6) is -4.05. The van der Waals surface area contributed by atoms with Gasteiger partial charge in [-0.3, -0.25) is 34.3 Å². The molecule has 0 saturated carbocycles. The van der Waals surface area contributed by atoms with Gasteiger partial charge in [-0.15, -0.1) is 0 Å². The van der Waals surface area contributed by atoms with E-state index in [0.717, 1.165) is 16.5 Å². The van der Waals surface area contributed by atoms with Crippen LogP contribution in [0.4, 0.5) is 14.6 Å². The van der Waals surface area contributed by atoms with Crippen molar-refractivity contribution in [3.63, 3.8) is 0 Å². The minimum atomic E-state index is -1.00. The number of carbonyl (C=O) groups excluding carboxylic acids is 4. The average Bonchev–Trinajstić information content (AvgIpc) is 3.06. The molecule has 34 heavy (non-hydrogen) atoms. The molecule has 3 aliphatic rings. The minimum absolute atomic E-state index is 0.00479. The van der Waals surface area contributed by atoms with Crippen molar-refractivity contribution in [3.05, 3.63) is 58.8 Å². The highest BCUT2D eigenvalue weighted by Crippen LogP contribution is 2.29. The van der Waals surface area contributed by atoms with E-state index in [0.29, 0.717) is 32.7 Å². The third kappa shape index (κ3) is 3.81. The third-order valence-electron chi connectivity index (χ3n) is 6.41. The predicted molar refractivity (Wildman–Crippen MR) is 115 cm³/mol. The number of hydrogen-bond donors (Lipinski definition) is 1. The quantitative estimate of drug-likeness (QED) is 0.669. The molecule has 11 heteroatoms. The molecule has 1 unspecified atom stereocenters. The lowest BCUT2D eigenvalue weighted by Crippen LogP contribution is -2.54. The SMILES string of the molecule is O=C1CCC(N2C(=O)c3ccc(CN4CCN(c5nccc(F)c5F)CC4)cc3C2=O)C(=O)N1. The highest BCUT2D eigenvalue weighted by molar-refractivity contribution is 6.23. The summed E-state index contributed by atoms with van der Waals surface area (Å²) < 4.78 is 27.5. The van der Waals surface area contributed by atoms with E-state index in [1.54, 1.807) is 23.1 Å². The van der Waals surface area contributed by atoms with Gasteiger partial charge in [0.25, 0.3) is 11.8 Å². The number of piperidine rings is 1. The summed E-state index contributed by atoms with van der Waals surface area (Å²) in [7, 11) is 0. The molecule has 1 aromatic heterocycles. The van der Waals surface area contributed by atoms with Crippen LogP contribution in [-0.4, -0.2) is 70.6 Å². The number of aromatic nitrogens is 1. The van der Waals surface area contributed by atoms with Crippen molar-refractivity contribution in [2.45, 2.75) is 25.4 Å². The van der Waals surface area contributed by atoms with Crippen LogP contribution in [0, 0.1) is 11.6 Å². The number of nitrogens with one attached hydrogen (secondary N) is 1. The van der Waals surface area contributed by atoms with Gasteiger partial charge >= 0.3 is 0 Å². The zero-order valence-electron chi connectivity index (χ0n) is 18.1. The molecule has 3 aliphatic heterocycles. The van der Waals surface area contributed by atoms with Gasteiger partial charge in [0.15, 0.2) is 11.6 Å². The molecule has 4 amide bonds. The van der Waals surface area contributed by atoms with E-state index in [9.17, 15) is 28.0 Å². The summed E-state index contributed by atoms with van der Waals surface area (Å²) in [4.78, 5) is 58.1. The number of piperazine rings is 1. The van der Waals surface area contributed by atoms with Crippen molar-refractivity contribution in [3.8, 4) is 0 Å². The Labute approximate surface area is 193 Å². The van der Waals surface area contributed by atoms with E-state index in [4.69, 9.17) is 0 Å². The van der Waals surface area contributed by atoms with E-state index in [1.807, 2.05) is 0 Å². The maximum atomic E-state index is 14.0. The average molecular weight is 469 g/mol. The van der Waals surface area contributed by atoms with E-state index in [1.165, 1.54) is 6.20 Å². The normalized spacial score (nSPS) is 21.2. The van der Waals surface area contributed by atoms with Gasteiger partial charge in [0.1, 0.15) is 6.04 Å². The topological polar surface area (TPSA) is 103 Å². The smallest absolute Gasteiger partial charge is 0.262 e. The summed E-state index contributed by atoms with van der Waals surface area (Å²) >= 11 is 0. The van der Waals surface area contributed by atoms with Crippen molar-refractivity contribution in [1.82, 2.24) is 20.1 Å². The molecule has 0 aliphatic carbocycles. The lowest BCUT2D eigenvalue weighted by Gasteiger charge is -2.35. The van der Waals surface area contributed by atoms with Crippen LogP contribution in [-0.2, 0) is 16.1 Å². The molecule has 176 valence electrons. The molecule has 1 aromatic carbocycles. The van der Waals surface area contributed by atoms with Crippen LogP contribution in [0.3, 0.4) is 0 Å². The number of anilines is 1. The van der Waals surface area contributed by atoms with Crippen molar-refractivity contribution in [2.24, 2.45) is 0 Å². The van der Waals surface area contributed by atoms with E-state index >= 15 is 0 Å². The van der Waals surface area contributed by atoms with E-state index in [-0.39, 0.29) is 29.8 Å². The first kappa shape index (κ1) is 22.1. The van der Waals surface area contributed by atoms with Gasteiger partial charge in [-0.2, -0.15) is 4.39 Å². The van der Waals surface area contributed by atoms with Crippen molar-refractivity contribution >= 4 is 29.4 Å². The lowest BCUT2D eigenvalue weighted by atomic mass is 10.0. The second-order valence-corrected chi connectivity index (χ2v) is 8.52. The largest absolute Gasteiger partial charge is 0.352 e. The highest BCUT2D eigenvalue weighted by Gasteiger charge is 2.44. The molecule has 9 nitrogen and oxygen atoms in total. The number of halogens is 2. The second-order valence-electron chi connectivity index (χ2n) is 8.52. The van der Waals surface area contributed by atoms with Crippen LogP contribution in [0.15, 0.2) is 30.5 Å². The van der Waals surface area contributed by atoms with Gasteiger partial charge in [0, 0.05) is 45.3 Å². The lowest BCUT2D eigenvalue weighted by molar-refractivity contribution is -0.136. The molecular weight excluding hydrogens is 448 g/mol. The van der Waals surface area contributed by atoms with Crippen LogP contribution in [0.5, 0.6) is 0 Å². The Kier molecular flexibility index (Phi) is 5.56.